The van der Waals surface area contributed by atoms with Crippen LogP contribution in [0, 0.1) is 0 Å². The van der Waals surface area contributed by atoms with E-state index < -0.39 is 10.0 Å². The van der Waals surface area contributed by atoms with E-state index >= 15 is 0 Å². The summed E-state index contributed by atoms with van der Waals surface area (Å²) >= 11 is 0. The summed E-state index contributed by atoms with van der Waals surface area (Å²) < 4.78 is 24.1. The van der Waals surface area contributed by atoms with Crippen molar-refractivity contribution in [2.75, 3.05) is 19.3 Å². The molecule has 0 heterocycles. The van der Waals surface area contributed by atoms with Crippen LogP contribution in [0.2, 0.25) is 0 Å². The molecule has 1 saturated carbocycles. The van der Waals surface area contributed by atoms with Gasteiger partial charge in [0, 0.05) is 12.6 Å². The van der Waals surface area contributed by atoms with Gasteiger partial charge in [-0.05, 0) is 19.3 Å². The molecule has 0 spiro atoms. The monoisotopic (exact) mass is 262 g/mol. The summed E-state index contributed by atoms with van der Waals surface area (Å²) in [6.45, 7) is 2.24. The van der Waals surface area contributed by atoms with Crippen LogP contribution in [0.5, 0.6) is 0 Å². The van der Waals surface area contributed by atoms with Crippen LogP contribution in [0.3, 0.4) is 0 Å². The second-order valence-electron chi connectivity index (χ2n) is 4.65. The first kappa shape index (κ1) is 14.4. The molecule has 17 heavy (non-hydrogen) atoms. The predicted octanol–water partition coefficient (Wildman–Crippen LogP) is 0.717. The lowest BCUT2D eigenvalue weighted by Gasteiger charge is -2.20. The van der Waals surface area contributed by atoms with Crippen LogP contribution in [0.15, 0.2) is 0 Å². The van der Waals surface area contributed by atoms with Gasteiger partial charge in [0.2, 0.25) is 15.9 Å². The molecule has 100 valence electrons. The van der Waals surface area contributed by atoms with Crippen molar-refractivity contribution in [2.45, 2.75) is 45.1 Å². The summed E-state index contributed by atoms with van der Waals surface area (Å²) in [4.78, 5) is 11.7. The van der Waals surface area contributed by atoms with Crippen molar-refractivity contribution < 1.29 is 13.2 Å². The highest BCUT2D eigenvalue weighted by atomic mass is 32.2. The average Bonchev–Trinajstić information content (AvgIpc) is 2.68. The van der Waals surface area contributed by atoms with Gasteiger partial charge in [0.1, 0.15) is 0 Å². The summed E-state index contributed by atoms with van der Waals surface area (Å²) in [7, 11) is -3.28. The van der Waals surface area contributed by atoms with Crippen molar-refractivity contribution in [3.8, 4) is 0 Å². The number of carbonyl (C=O) groups is 1. The zero-order valence-corrected chi connectivity index (χ0v) is 11.4. The Bertz CT molecular complexity index is 348. The molecular formula is C11H22N2O3S. The van der Waals surface area contributed by atoms with Crippen molar-refractivity contribution in [3.63, 3.8) is 0 Å². The molecule has 0 aliphatic heterocycles. The van der Waals surface area contributed by atoms with Crippen LogP contribution in [0.4, 0.5) is 0 Å². The number of sulfonamides is 1. The molecule has 1 rings (SSSR count). The third-order valence-corrected chi connectivity index (χ3v) is 4.23. The number of rotatable bonds is 6. The van der Waals surface area contributed by atoms with Crippen LogP contribution >= 0.6 is 0 Å². The lowest BCUT2D eigenvalue weighted by Crippen LogP contribution is -2.43. The van der Waals surface area contributed by atoms with E-state index in [0.29, 0.717) is 13.0 Å². The van der Waals surface area contributed by atoms with E-state index in [0.717, 1.165) is 31.9 Å². The van der Waals surface area contributed by atoms with E-state index in [1.165, 1.54) is 4.31 Å². The number of hydrogen-bond donors (Lipinski definition) is 1. The minimum atomic E-state index is -3.28. The summed E-state index contributed by atoms with van der Waals surface area (Å²) in [5.41, 5.74) is 0. The van der Waals surface area contributed by atoms with E-state index in [1.54, 1.807) is 0 Å². The molecule has 0 aromatic carbocycles. The average molecular weight is 262 g/mol. The number of carbonyl (C=O) groups excluding carboxylic acids is 1. The molecule has 0 saturated heterocycles. The van der Waals surface area contributed by atoms with Crippen LogP contribution in [-0.4, -0.2) is 44.0 Å². The van der Waals surface area contributed by atoms with Gasteiger partial charge in [-0.1, -0.05) is 19.8 Å². The summed E-state index contributed by atoms with van der Waals surface area (Å²) in [6.07, 6.45) is 6.18. The summed E-state index contributed by atoms with van der Waals surface area (Å²) in [5.74, 6) is -0.184. The fourth-order valence-corrected chi connectivity index (χ4v) is 2.98. The smallest absolute Gasteiger partial charge is 0.235 e. The highest BCUT2D eigenvalue weighted by Crippen LogP contribution is 2.17. The maximum absolute atomic E-state index is 11.7. The van der Waals surface area contributed by atoms with Gasteiger partial charge in [0.25, 0.3) is 0 Å². The Morgan fingerprint density at radius 1 is 1.35 bits per heavy atom. The minimum Gasteiger partial charge on any atom is -0.352 e. The van der Waals surface area contributed by atoms with E-state index in [9.17, 15) is 13.2 Å². The molecule has 1 fully saturated rings. The third kappa shape index (κ3) is 5.04. The van der Waals surface area contributed by atoms with Gasteiger partial charge in [-0.2, -0.15) is 4.31 Å². The van der Waals surface area contributed by atoms with Gasteiger partial charge in [-0.3, -0.25) is 4.79 Å². The van der Waals surface area contributed by atoms with Crippen molar-refractivity contribution in [2.24, 2.45) is 0 Å². The first-order valence-electron chi connectivity index (χ1n) is 6.18. The van der Waals surface area contributed by atoms with Crippen molar-refractivity contribution in [1.29, 1.82) is 0 Å². The molecule has 0 aromatic heterocycles. The first-order chi connectivity index (χ1) is 7.93. The van der Waals surface area contributed by atoms with Crippen LogP contribution in [0.25, 0.3) is 0 Å². The maximum Gasteiger partial charge on any atom is 0.235 e. The van der Waals surface area contributed by atoms with E-state index in [1.807, 2.05) is 6.92 Å². The lowest BCUT2D eigenvalue weighted by atomic mass is 10.2. The van der Waals surface area contributed by atoms with E-state index in [4.69, 9.17) is 0 Å². The van der Waals surface area contributed by atoms with Gasteiger partial charge >= 0.3 is 0 Å². The predicted molar refractivity (Wildman–Crippen MR) is 67.1 cm³/mol. The summed E-state index contributed by atoms with van der Waals surface area (Å²) in [5, 5.41) is 2.89. The van der Waals surface area contributed by atoms with Gasteiger partial charge in [-0.15, -0.1) is 0 Å². The standard InChI is InChI=1S/C11H22N2O3S/c1-3-8-13(17(2,15)16)9-11(14)12-10-6-4-5-7-10/h10H,3-9H2,1-2H3,(H,12,14). The van der Waals surface area contributed by atoms with Crippen LogP contribution in [-0.2, 0) is 14.8 Å². The zero-order chi connectivity index (χ0) is 12.9. The van der Waals surface area contributed by atoms with Crippen molar-refractivity contribution in [3.05, 3.63) is 0 Å². The van der Waals surface area contributed by atoms with E-state index in [-0.39, 0.29) is 18.5 Å². The molecule has 0 unspecified atom stereocenters. The Labute approximate surface area is 104 Å². The fraction of sp³-hybridized carbons (Fsp3) is 0.909. The molecule has 0 bridgehead atoms. The highest BCUT2D eigenvalue weighted by molar-refractivity contribution is 7.88. The molecule has 6 heteroatoms. The zero-order valence-electron chi connectivity index (χ0n) is 10.6. The molecule has 1 N–H and O–H groups in total. The quantitative estimate of drug-likeness (QED) is 0.767. The molecule has 1 aliphatic rings. The van der Waals surface area contributed by atoms with Crippen molar-refractivity contribution >= 4 is 15.9 Å². The minimum absolute atomic E-state index is 0.0524. The Balaban J connectivity index is 2.46. The number of nitrogens with zero attached hydrogens (tertiary/aromatic N) is 1. The van der Waals surface area contributed by atoms with Crippen LogP contribution < -0.4 is 5.32 Å². The lowest BCUT2D eigenvalue weighted by molar-refractivity contribution is -0.122. The van der Waals surface area contributed by atoms with Crippen molar-refractivity contribution in [1.82, 2.24) is 9.62 Å². The highest BCUT2D eigenvalue weighted by Gasteiger charge is 2.22. The molecule has 5 nitrogen and oxygen atoms in total. The Kier molecular flexibility index (Phi) is 5.39. The summed E-state index contributed by atoms with van der Waals surface area (Å²) in [6, 6.07) is 0.241. The SMILES string of the molecule is CCCN(CC(=O)NC1CCCC1)S(C)(=O)=O. The fourth-order valence-electron chi connectivity index (χ4n) is 2.12. The first-order valence-corrected chi connectivity index (χ1v) is 8.02. The second kappa shape index (κ2) is 6.35. The van der Waals surface area contributed by atoms with Gasteiger partial charge < -0.3 is 5.32 Å². The normalized spacial score (nSPS) is 17.6. The topological polar surface area (TPSA) is 66.5 Å². The van der Waals surface area contributed by atoms with Gasteiger partial charge in [0.05, 0.1) is 12.8 Å². The van der Waals surface area contributed by atoms with Crippen LogP contribution in [0.1, 0.15) is 39.0 Å². The molecule has 1 amide bonds. The number of nitrogens with one attached hydrogen (secondary N) is 1. The Hall–Kier alpha value is -0.620. The molecule has 0 atom stereocenters. The van der Waals surface area contributed by atoms with E-state index in [2.05, 4.69) is 5.32 Å². The molecule has 0 radical (unpaired) electrons. The number of hydrogen-bond acceptors (Lipinski definition) is 3. The van der Waals surface area contributed by atoms with Gasteiger partial charge in [-0.25, -0.2) is 8.42 Å². The molecule has 0 aromatic rings. The largest absolute Gasteiger partial charge is 0.352 e. The molecular weight excluding hydrogens is 240 g/mol. The molecule has 1 aliphatic carbocycles. The Morgan fingerprint density at radius 2 is 1.94 bits per heavy atom. The van der Waals surface area contributed by atoms with Gasteiger partial charge in [0.15, 0.2) is 0 Å². The second-order valence-corrected chi connectivity index (χ2v) is 6.63. The Morgan fingerprint density at radius 3 is 2.41 bits per heavy atom. The number of amides is 1. The maximum atomic E-state index is 11.7. The third-order valence-electron chi connectivity index (χ3n) is 2.98.